The number of ether oxygens (including phenoxy) is 1. The quantitative estimate of drug-likeness (QED) is 0.821. The molecule has 1 saturated heterocycles. The van der Waals surface area contributed by atoms with Gasteiger partial charge in [-0.1, -0.05) is 18.2 Å². The number of rotatable bonds is 6. The zero-order valence-corrected chi connectivity index (χ0v) is 16.7. The molecule has 1 fully saturated rings. The van der Waals surface area contributed by atoms with Gasteiger partial charge in [-0.2, -0.15) is 0 Å². The lowest BCUT2D eigenvalue weighted by molar-refractivity contribution is 0.0937. The van der Waals surface area contributed by atoms with Gasteiger partial charge in [0.2, 0.25) is 0 Å². The van der Waals surface area contributed by atoms with E-state index in [1.54, 1.807) is 7.11 Å². The maximum absolute atomic E-state index is 12.8. The molecule has 0 radical (unpaired) electrons. The molecule has 1 heterocycles. The molecular formula is C24H30N2O2. The van der Waals surface area contributed by atoms with Gasteiger partial charge in [0.1, 0.15) is 5.75 Å². The Morgan fingerprint density at radius 2 is 1.82 bits per heavy atom. The smallest absolute Gasteiger partial charge is 0.251 e. The van der Waals surface area contributed by atoms with Crippen LogP contribution in [0.25, 0.3) is 0 Å². The van der Waals surface area contributed by atoms with Crippen molar-refractivity contribution in [3.63, 3.8) is 0 Å². The van der Waals surface area contributed by atoms with E-state index >= 15 is 0 Å². The molecule has 4 nitrogen and oxygen atoms in total. The van der Waals surface area contributed by atoms with Crippen LogP contribution in [0.1, 0.15) is 58.8 Å². The molecule has 4 rings (SSSR count). The predicted octanol–water partition coefficient (Wildman–Crippen LogP) is 4.14. The first kappa shape index (κ1) is 19.0. The molecule has 0 aromatic heterocycles. The fourth-order valence-corrected chi connectivity index (χ4v) is 4.53. The summed E-state index contributed by atoms with van der Waals surface area (Å²) in [4.78, 5) is 15.3. The van der Waals surface area contributed by atoms with E-state index in [-0.39, 0.29) is 11.9 Å². The summed E-state index contributed by atoms with van der Waals surface area (Å²) in [6.07, 6.45) is 7.17. The summed E-state index contributed by atoms with van der Waals surface area (Å²) in [5.41, 5.74) is 4.75. The van der Waals surface area contributed by atoms with Crippen molar-refractivity contribution >= 4 is 5.91 Å². The van der Waals surface area contributed by atoms with Crippen molar-refractivity contribution in [1.29, 1.82) is 0 Å². The molecule has 2 aromatic carbocycles. The SMILES string of the molecule is COc1cccc([C@H](CNC(=O)c2ccc3c(c2)CCCC3)N2CCCC2)c1. The molecule has 1 aliphatic heterocycles. The maximum atomic E-state index is 12.8. The molecule has 28 heavy (non-hydrogen) atoms. The first-order chi connectivity index (χ1) is 13.7. The largest absolute Gasteiger partial charge is 0.497 e. The third-order valence-corrected chi connectivity index (χ3v) is 6.13. The third-order valence-electron chi connectivity index (χ3n) is 6.13. The summed E-state index contributed by atoms with van der Waals surface area (Å²) in [5.74, 6) is 0.892. The van der Waals surface area contributed by atoms with Crippen LogP contribution >= 0.6 is 0 Å². The van der Waals surface area contributed by atoms with E-state index in [9.17, 15) is 4.79 Å². The second kappa shape index (κ2) is 8.78. The molecule has 0 spiro atoms. The highest BCUT2D eigenvalue weighted by atomic mass is 16.5. The van der Waals surface area contributed by atoms with Gasteiger partial charge < -0.3 is 10.1 Å². The van der Waals surface area contributed by atoms with Crippen molar-refractivity contribution in [2.75, 3.05) is 26.7 Å². The fourth-order valence-electron chi connectivity index (χ4n) is 4.53. The molecule has 0 bridgehead atoms. The molecule has 4 heteroatoms. The van der Waals surface area contributed by atoms with E-state index in [0.29, 0.717) is 6.54 Å². The average molecular weight is 379 g/mol. The van der Waals surface area contributed by atoms with Gasteiger partial charge in [0.25, 0.3) is 5.91 Å². The van der Waals surface area contributed by atoms with Gasteiger partial charge in [0.05, 0.1) is 13.2 Å². The van der Waals surface area contributed by atoms with Crippen LogP contribution in [0.2, 0.25) is 0 Å². The van der Waals surface area contributed by atoms with Crippen LogP contribution in [0.15, 0.2) is 42.5 Å². The second-order valence-electron chi connectivity index (χ2n) is 7.94. The van der Waals surface area contributed by atoms with Crippen molar-refractivity contribution in [3.05, 3.63) is 64.7 Å². The van der Waals surface area contributed by atoms with Gasteiger partial charge in [-0.15, -0.1) is 0 Å². The van der Waals surface area contributed by atoms with Crippen LogP contribution in [0.4, 0.5) is 0 Å². The first-order valence-electron chi connectivity index (χ1n) is 10.5. The van der Waals surface area contributed by atoms with Gasteiger partial charge >= 0.3 is 0 Å². The third kappa shape index (κ3) is 4.22. The number of methoxy groups -OCH3 is 1. The molecule has 148 valence electrons. The summed E-state index contributed by atoms with van der Waals surface area (Å²) in [5, 5.41) is 3.20. The Morgan fingerprint density at radius 3 is 2.61 bits per heavy atom. The minimum Gasteiger partial charge on any atom is -0.497 e. The number of aryl methyl sites for hydroxylation is 2. The molecule has 2 aliphatic rings. The van der Waals surface area contributed by atoms with Gasteiger partial charge in [0.15, 0.2) is 0 Å². The van der Waals surface area contributed by atoms with Crippen LogP contribution < -0.4 is 10.1 Å². The molecule has 0 unspecified atom stereocenters. The number of likely N-dealkylation sites (tertiary alicyclic amines) is 1. The normalized spacial score (nSPS) is 17.8. The Morgan fingerprint density at radius 1 is 1.04 bits per heavy atom. The molecule has 0 saturated carbocycles. The predicted molar refractivity (Wildman–Crippen MR) is 112 cm³/mol. The summed E-state index contributed by atoms with van der Waals surface area (Å²) in [6.45, 7) is 2.77. The van der Waals surface area contributed by atoms with Crippen LogP contribution in [-0.4, -0.2) is 37.6 Å². The van der Waals surface area contributed by atoms with Crippen molar-refractivity contribution in [1.82, 2.24) is 10.2 Å². The number of hydrogen-bond donors (Lipinski definition) is 1. The summed E-state index contributed by atoms with van der Waals surface area (Å²) >= 11 is 0. The van der Waals surface area contributed by atoms with E-state index < -0.39 is 0 Å². The Hall–Kier alpha value is -2.33. The molecule has 1 aliphatic carbocycles. The number of nitrogens with zero attached hydrogens (tertiary/aromatic N) is 1. The van der Waals surface area contributed by atoms with E-state index in [2.05, 4.69) is 34.5 Å². The van der Waals surface area contributed by atoms with Crippen molar-refractivity contribution in [2.45, 2.75) is 44.6 Å². The Bertz CT molecular complexity index is 827. The van der Waals surface area contributed by atoms with E-state index in [0.717, 1.165) is 37.2 Å². The zero-order chi connectivity index (χ0) is 19.3. The van der Waals surface area contributed by atoms with Gasteiger partial charge in [-0.25, -0.2) is 0 Å². The first-order valence-corrected chi connectivity index (χ1v) is 10.5. The van der Waals surface area contributed by atoms with Gasteiger partial charge in [-0.3, -0.25) is 9.69 Å². The van der Waals surface area contributed by atoms with Crippen LogP contribution in [-0.2, 0) is 12.8 Å². The average Bonchev–Trinajstić information content (AvgIpc) is 3.28. The number of carbonyl (C=O) groups excluding carboxylic acids is 1. The highest BCUT2D eigenvalue weighted by molar-refractivity contribution is 5.94. The Labute approximate surface area is 167 Å². The molecular weight excluding hydrogens is 348 g/mol. The minimum absolute atomic E-state index is 0.0282. The van der Waals surface area contributed by atoms with Gasteiger partial charge in [0, 0.05) is 12.1 Å². The van der Waals surface area contributed by atoms with Crippen molar-refractivity contribution in [2.24, 2.45) is 0 Å². The topological polar surface area (TPSA) is 41.6 Å². The summed E-state index contributed by atoms with van der Waals surface area (Å²) in [6, 6.07) is 14.6. The lowest BCUT2D eigenvalue weighted by Gasteiger charge is -2.28. The Kier molecular flexibility index (Phi) is 5.96. The van der Waals surface area contributed by atoms with Crippen molar-refractivity contribution < 1.29 is 9.53 Å². The standard InChI is InChI=1S/C24H30N2O2/c1-28-22-10-6-9-20(16-22)23(26-13-4-5-14-26)17-25-24(27)21-12-11-18-7-2-3-8-19(18)15-21/h6,9-12,15-16,23H,2-5,7-8,13-14,17H2,1H3,(H,25,27)/t23-/m0/s1. The summed E-state index contributed by atoms with van der Waals surface area (Å²) < 4.78 is 5.41. The van der Waals surface area contributed by atoms with Crippen LogP contribution in [0.5, 0.6) is 5.75 Å². The van der Waals surface area contributed by atoms with Gasteiger partial charge in [-0.05, 0) is 92.6 Å². The molecule has 1 amide bonds. The zero-order valence-electron chi connectivity index (χ0n) is 16.7. The van der Waals surface area contributed by atoms with Crippen LogP contribution in [0, 0.1) is 0 Å². The number of hydrogen-bond acceptors (Lipinski definition) is 3. The minimum atomic E-state index is 0.0282. The lowest BCUT2D eigenvalue weighted by Crippen LogP contribution is -2.36. The highest BCUT2D eigenvalue weighted by Gasteiger charge is 2.24. The highest BCUT2D eigenvalue weighted by Crippen LogP contribution is 2.27. The van der Waals surface area contributed by atoms with E-state index in [1.807, 2.05) is 18.2 Å². The van der Waals surface area contributed by atoms with E-state index in [1.165, 1.54) is 42.4 Å². The van der Waals surface area contributed by atoms with Crippen LogP contribution in [0.3, 0.4) is 0 Å². The maximum Gasteiger partial charge on any atom is 0.251 e. The number of benzene rings is 2. The van der Waals surface area contributed by atoms with Crippen molar-refractivity contribution in [3.8, 4) is 5.75 Å². The molecule has 1 atom stereocenters. The summed E-state index contributed by atoms with van der Waals surface area (Å²) in [7, 11) is 1.70. The molecule has 1 N–H and O–H groups in total. The number of amides is 1. The number of carbonyl (C=O) groups is 1. The Balaban J connectivity index is 1.48. The number of fused-ring (bicyclic) bond motifs is 1. The lowest BCUT2D eigenvalue weighted by atomic mass is 9.90. The monoisotopic (exact) mass is 378 g/mol. The van der Waals surface area contributed by atoms with E-state index in [4.69, 9.17) is 4.74 Å². The molecule has 2 aromatic rings. The number of nitrogens with one attached hydrogen (secondary N) is 1. The second-order valence-corrected chi connectivity index (χ2v) is 7.94. The fraction of sp³-hybridized carbons (Fsp3) is 0.458.